The highest BCUT2D eigenvalue weighted by Crippen LogP contribution is 2.33. The van der Waals surface area contributed by atoms with E-state index >= 15 is 0 Å². The molecule has 6 nitrogen and oxygen atoms in total. The average molecular weight is 259 g/mol. The lowest BCUT2D eigenvalue weighted by atomic mass is 10.1. The second-order valence-electron chi connectivity index (χ2n) is 4.28. The van der Waals surface area contributed by atoms with Gasteiger partial charge < -0.3 is 14.8 Å². The molecule has 1 aromatic heterocycles. The standard InChI is InChI=1S/C13H13N3O3/c1-8-12(13(17)16-9-6-14-15-7-9)19-11-5-3-2-4-10(11)18-8/h2-8,12H,1H3,(H,14,15)(H,16,17)/t8-,12+/m0/s1. The molecule has 0 saturated heterocycles. The summed E-state index contributed by atoms with van der Waals surface area (Å²) >= 11 is 0. The van der Waals surface area contributed by atoms with Crippen LogP contribution in [0.25, 0.3) is 0 Å². The number of aromatic nitrogens is 2. The highest BCUT2D eigenvalue weighted by molar-refractivity contribution is 5.94. The largest absolute Gasteiger partial charge is 0.482 e. The number of para-hydroxylation sites is 2. The van der Waals surface area contributed by atoms with Crippen LogP contribution in [-0.4, -0.2) is 28.3 Å². The van der Waals surface area contributed by atoms with E-state index in [1.54, 1.807) is 19.2 Å². The fourth-order valence-corrected chi connectivity index (χ4v) is 1.94. The Morgan fingerprint density at radius 2 is 2.05 bits per heavy atom. The minimum atomic E-state index is -0.690. The first-order valence-corrected chi connectivity index (χ1v) is 5.96. The fourth-order valence-electron chi connectivity index (χ4n) is 1.94. The third-order valence-corrected chi connectivity index (χ3v) is 2.87. The molecule has 98 valence electrons. The molecule has 0 unspecified atom stereocenters. The van der Waals surface area contributed by atoms with E-state index in [1.807, 2.05) is 18.2 Å². The number of hydrogen-bond donors (Lipinski definition) is 2. The Hall–Kier alpha value is -2.50. The second kappa shape index (κ2) is 4.64. The molecule has 0 bridgehead atoms. The van der Waals surface area contributed by atoms with Gasteiger partial charge in [0.2, 0.25) is 6.10 Å². The van der Waals surface area contributed by atoms with Gasteiger partial charge in [-0.15, -0.1) is 0 Å². The lowest BCUT2D eigenvalue weighted by Gasteiger charge is -2.30. The zero-order valence-corrected chi connectivity index (χ0v) is 10.3. The van der Waals surface area contributed by atoms with Crippen LogP contribution >= 0.6 is 0 Å². The number of H-pyrrole nitrogens is 1. The lowest BCUT2D eigenvalue weighted by molar-refractivity contribution is -0.128. The van der Waals surface area contributed by atoms with Crippen LogP contribution in [0.3, 0.4) is 0 Å². The van der Waals surface area contributed by atoms with Crippen molar-refractivity contribution in [3.63, 3.8) is 0 Å². The van der Waals surface area contributed by atoms with Gasteiger partial charge in [0.15, 0.2) is 11.5 Å². The smallest absolute Gasteiger partial charge is 0.269 e. The molecule has 19 heavy (non-hydrogen) atoms. The molecule has 1 amide bonds. The first kappa shape index (κ1) is 11.6. The lowest BCUT2D eigenvalue weighted by Crippen LogP contribution is -2.46. The molecule has 0 saturated carbocycles. The Morgan fingerprint density at radius 1 is 1.32 bits per heavy atom. The summed E-state index contributed by atoms with van der Waals surface area (Å²) in [4.78, 5) is 12.1. The Morgan fingerprint density at radius 3 is 2.74 bits per heavy atom. The molecule has 0 fully saturated rings. The van der Waals surface area contributed by atoms with Crippen LogP contribution in [0.5, 0.6) is 11.5 Å². The van der Waals surface area contributed by atoms with Gasteiger partial charge in [0.05, 0.1) is 11.9 Å². The van der Waals surface area contributed by atoms with Gasteiger partial charge in [-0.2, -0.15) is 5.10 Å². The van der Waals surface area contributed by atoms with Crippen LogP contribution in [0.15, 0.2) is 36.7 Å². The van der Waals surface area contributed by atoms with Gasteiger partial charge in [0.25, 0.3) is 5.91 Å². The maximum Gasteiger partial charge on any atom is 0.269 e. The van der Waals surface area contributed by atoms with Gasteiger partial charge in [-0.3, -0.25) is 9.89 Å². The van der Waals surface area contributed by atoms with Crippen molar-refractivity contribution in [1.29, 1.82) is 0 Å². The highest BCUT2D eigenvalue weighted by Gasteiger charge is 2.34. The number of ether oxygens (including phenoxy) is 2. The summed E-state index contributed by atoms with van der Waals surface area (Å²) in [5.41, 5.74) is 0.597. The van der Waals surface area contributed by atoms with E-state index in [9.17, 15) is 4.79 Å². The quantitative estimate of drug-likeness (QED) is 0.858. The molecule has 2 N–H and O–H groups in total. The number of carbonyl (C=O) groups is 1. The number of amides is 1. The van der Waals surface area contributed by atoms with Crippen molar-refractivity contribution in [3.8, 4) is 11.5 Å². The molecule has 0 spiro atoms. The number of anilines is 1. The summed E-state index contributed by atoms with van der Waals surface area (Å²) in [6, 6.07) is 7.29. The first-order chi connectivity index (χ1) is 9.24. The molecule has 6 heteroatoms. The van der Waals surface area contributed by atoms with Gasteiger partial charge in [0.1, 0.15) is 6.10 Å². The zero-order valence-electron chi connectivity index (χ0n) is 10.3. The van der Waals surface area contributed by atoms with Crippen LogP contribution in [0.4, 0.5) is 5.69 Å². The number of hydrogen-bond acceptors (Lipinski definition) is 4. The number of nitrogens with one attached hydrogen (secondary N) is 2. The number of nitrogens with zero attached hydrogens (tertiary/aromatic N) is 1. The summed E-state index contributed by atoms with van der Waals surface area (Å²) in [5, 5.41) is 9.11. The Bertz CT molecular complexity index is 583. The Balaban J connectivity index is 1.77. The number of benzene rings is 1. The molecule has 0 radical (unpaired) electrons. The van der Waals surface area contributed by atoms with Gasteiger partial charge >= 0.3 is 0 Å². The van der Waals surface area contributed by atoms with E-state index < -0.39 is 6.10 Å². The van der Waals surface area contributed by atoms with Crippen molar-refractivity contribution in [3.05, 3.63) is 36.7 Å². The maximum atomic E-state index is 12.1. The fraction of sp³-hybridized carbons (Fsp3) is 0.231. The molecule has 1 aromatic carbocycles. The van der Waals surface area contributed by atoms with E-state index in [-0.39, 0.29) is 12.0 Å². The van der Waals surface area contributed by atoms with Gasteiger partial charge in [-0.05, 0) is 19.1 Å². The van der Waals surface area contributed by atoms with Crippen LogP contribution in [0.1, 0.15) is 6.92 Å². The third-order valence-electron chi connectivity index (χ3n) is 2.87. The summed E-state index contributed by atoms with van der Waals surface area (Å²) in [6.45, 7) is 1.80. The summed E-state index contributed by atoms with van der Waals surface area (Å²) in [5.74, 6) is 0.971. The summed E-state index contributed by atoms with van der Waals surface area (Å²) < 4.78 is 11.4. The molecule has 2 heterocycles. The SMILES string of the molecule is C[C@@H]1Oc2ccccc2O[C@H]1C(=O)Nc1cn[nH]c1. The molecule has 0 aliphatic carbocycles. The third kappa shape index (κ3) is 2.24. The van der Waals surface area contributed by atoms with E-state index in [1.165, 1.54) is 6.20 Å². The summed E-state index contributed by atoms with van der Waals surface area (Å²) in [7, 11) is 0. The van der Waals surface area contributed by atoms with E-state index in [0.717, 1.165) is 0 Å². The number of rotatable bonds is 2. The van der Waals surface area contributed by atoms with Crippen LogP contribution < -0.4 is 14.8 Å². The molecule has 2 atom stereocenters. The topological polar surface area (TPSA) is 76.2 Å². The van der Waals surface area contributed by atoms with E-state index in [4.69, 9.17) is 9.47 Å². The normalized spacial score (nSPS) is 20.9. The highest BCUT2D eigenvalue weighted by atomic mass is 16.6. The minimum absolute atomic E-state index is 0.261. The van der Waals surface area contributed by atoms with Gasteiger partial charge in [0, 0.05) is 6.20 Å². The zero-order chi connectivity index (χ0) is 13.2. The molecule has 1 aliphatic rings. The minimum Gasteiger partial charge on any atom is -0.482 e. The van der Waals surface area contributed by atoms with Crippen molar-refractivity contribution >= 4 is 11.6 Å². The predicted molar refractivity (Wildman–Crippen MR) is 68.2 cm³/mol. The van der Waals surface area contributed by atoms with Crippen LogP contribution in [-0.2, 0) is 4.79 Å². The maximum absolute atomic E-state index is 12.1. The molecule has 2 aromatic rings. The van der Waals surface area contributed by atoms with Crippen molar-refractivity contribution in [2.24, 2.45) is 0 Å². The monoisotopic (exact) mass is 259 g/mol. The van der Waals surface area contributed by atoms with E-state index in [0.29, 0.717) is 17.2 Å². The van der Waals surface area contributed by atoms with Crippen molar-refractivity contribution in [1.82, 2.24) is 10.2 Å². The Labute approximate surface area is 109 Å². The number of fused-ring (bicyclic) bond motifs is 1. The second-order valence-corrected chi connectivity index (χ2v) is 4.28. The molecule has 3 rings (SSSR count). The van der Waals surface area contributed by atoms with Crippen molar-refractivity contribution in [2.75, 3.05) is 5.32 Å². The molecule has 1 aliphatic heterocycles. The molecular weight excluding hydrogens is 246 g/mol. The summed E-state index contributed by atoms with van der Waals surface area (Å²) in [6.07, 6.45) is 2.08. The molecular formula is C13H13N3O3. The van der Waals surface area contributed by atoms with E-state index in [2.05, 4.69) is 15.5 Å². The average Bonchev–Trinajstić information content (AvgIpc) is 2.90. The van der Waals surface area contributed by atoms with Crippen LogP contribution in [0, 0.1) is 0 Å². The predicted octanol–water partition coefficient (Wildman–Crippen LogP) is 1.58. The van der Waals surface area contributed by atoms with Gasteiger partial charge in [-0.25, -0.2) is 0 Å². The van der Waals surface area contributed by atoms with Crippen molar-refractivity contribution < 1.29 is 14.3 Å². The van der Waals surface area contributed by atoms with Crippen LogP contribution in [0.2, 0.25) is 0 Å². The first-order valence-electron chi connectivity index (χ1n) is 5.96. The van der Waals surface area contributed by atoms with Gasteiger partial charge in [-0.1, -0.05) is 12.1 Å². The Kier molecular flexibility index (Phi) is 2.83. The van der Waals surface area contributed by atoms with Crippen molar-refractivity contribution in [2.45, 2.75) is 19.1 Å². The number of carbonyl (C=O) groups excluding carboxylic acids is 1. The number of aromatic amines is 1.